The highest BCUT2D eigenvalue weighted by Crippen LogP contribution is 2.33. The van der Waals surface area contributed by atoms with Gasteiger partial charge in [0.15, 0.2) is 33.6 Å². The van der Waals surface area contributed by atoms with Crippen LogP contribution in [0.25, 0.3) is 11.6 Å². The van der Waals surface area contributed by atoms with Crippen LogP contribution in [0.5, 0.6) is 0 Å². The molecule has 55 heavy (non-hydrogen) atoms. The standard InChI is InChI=1S/C17H14ClF3N4OS.C16H12ClF3N4OS.C2H6/c1-10-5-11(2)7-13(6-10)27(26)24-15-3-4-23-25(15)16-14(18)8-12(9-22-16)17(19,20)21;1-10-6-11(16(18,19)20)7-21-15(10)24-9-14(8-22-24)26(25)23-13-4-2-12(17)3-5-13;1-2/h3-9,24H,1-2H3;2-9,23H,1H3;1-2H3. The van der Waals surface area contributed by atoms with Crippen molar-refractivity contribution in [3.8, 4) is 11.6 Å². The lowest BCUT2D eigenvalue weighted by molar-refractivity contribution is -0.138. The fraction of sp³-hybridized carbons (Fsp3) is 0.200. The van der Waals surface area contributed by atoms with Crippen molar-refractivity contribution < 1.29 is 34.8 Å². The van der Waals surface area contributed by atoms with Gasteiger partial charge in [0.2, 0.25) is 0 Å². The monoisotopic (exact) mass is 844 g/mol. The Labute approximate surface area is 327 Å². The Morgan fingerprint density at radius 2 is 1.24 bits per heavy atom. The van der Waals surface area contributed by atoms with Crippen molar-refractivity contribution in [3.05, 3.63) is 130 Å². The summed E-state index contributed by atoms with van der Waals surface area (Å²) in [4.78, 5) is 8.50. The smallest absolute Gasteiger partial charge is 0.301 e. The van der Waals surface area contributed by atoms with E-state index in [4.69, 9.17) is 23.2 Å². The van der Waals surface area contributed by atoms with Gasteiger partial charge in [-0.15, -0.1) is 0 Å². The van der Waals surface area contributed by atoms with E-state index in [1.165, 1.54) is 40.9 Å². The predicted octanol–water partition coefficient (Wildman–Crippen LogP) is 10.1. The minimum atomic E-state index is -4.55. The van der Waals surface area contributed by atoms with E-state index in [1.54, 1.807) is 36.4 Å². The van der Waals surface area contributed by atoms with Gasteiger partial charge in [-0.05, 0) is 86.0 Å². The van der Waals surface area contributed by atoms with Crippen molar-refractivity contribution in [1.82, 2.24) is 29.5 Å². The summed E-state index contributed by atoms with van der Waals surface area (Å²) in [6.45, 7) is 9.29. The Morgan fingerprint density at radius 1 is 0.673 bits per heavy atom. The fourth-order valence-corrected chi connectivity index (χ4v) is 6.88. The molecule has 0 radical (unpaired) electrons. The maximum absolute atomic E-state index is 12.8. The second-order valence-corrected chi connectivity index (χ2v) is 14.5. The molecule has 4 aromatic heterocycles. The second kappa shape index (κ2) is 18.2. The number of anilines is 2. The summed E-state index contributed by atoms with van der Waals surface area (Å²) in [5.41, 5.74) is 1.02. The molecule has 10 nitrogen and oxygen atoms in total. The van der Waals surface area contributed by atoms with Crippen LogP contribution in [0, 0.1) is 20.8 Å². The van der Waals surface area contributed by atoms with Crippen molar-refractivity contribution >= 4 is 56.7 Å². The predicted molar refractivity (Wildman–Crippen MR) is 201 cm³/mol. The first kappa shape index (κ1) is 43.0. The molecule has 0 amide bonds. The summed E-state index contributed by atoms with van der Waals surface area (Å²) in [7, 11) is -3.21. The third-order valence-corrected chi connectivity index (χ3v) is 9.67. The molecule has 4 heterocycles. The molecule has 6 rings (SSSR count). The molecular weight excluding hydrogens is 813 g/mol. The fourth-order valence-electron chi connectivity index (χ4n) is 4.65. The Hall–Kier alpha value is -4.78. The van der Waals surface area contributed by atoms with Gasteiger partial charge in [-0.25, -0.2) is 23.1 Å². The molecule has 20 heteroatoms. The topological polar surface area (TPSA) is 120 Å². The number of hydrogen-bond acceptors (Lipinski definition) is 6. The van der Waals surface area contributed by atoms with E-state index in [1.807, 2.05) is 33.8 Å². The number of benzene rings is 2. The molecule has 0 aliphatic heterocycles. The molecule has 0 fully saturated rings. The molecule has 0 saturated carbocycles. The summed E-state index contributed by atoms with van der Waals surface area (Å²) in [5, 5.41) is 8.37. The maximum atomic E-state index is 12.8. The van der Waals surface area contributed by atoms with E-state index in [0.717, 1.165) is 29.5 Å². The molecule has 0 spiro atoms. The zero-order valence-corrected chi connectivity index (χ0v) is 32.6. The molecule has 2 aromatic carbocycles. The van der Waals surface area contributed by atoms with Crippen LogP contribution in [0.3, 0.4) is 0 Å². The lowest BCUT2D eigenvalue weighted by atomic mass is 10.2. The Bertz CT molecular complexity index is 2280. The van der Waals surface area contributed by atoms with E-state index in [9.17, 15) is 34.8 Å². The van der Waals surface area contributed by atoms with Gasteiger partial charge in [0.25, 0.3) is 0 Å². The number of aryl methyl sites for hydroxylation is 3. The van der Waals surface area contributed by atoms with E-state index in [-0.39, 0.29) is 22.5 Å². The van der Waals surface area contributed by atoms with Crippen LogP contribution in [0.4, 0.5) is 37.8 Å². The first-order chi connectivity index (χ1) is 25.9. The third kappa shape index (κ3) is 11.4. The molecule has 0 bridgehead atoms. The molecule has 0 aliphatic carbocycles. The van der Waals surface area contributed by atoms with Crippen LogP contribution in [0.1, 0.15) is 41.7 Å². The van der Waals surface area contributed by atoms with Crippen molar-refractivity contribution in [2.75, 3.05) is 9.44 Å². The van der Waals surface area contributed by atoms with Crippen LogP contribution >= 0.6 is 23.2 Å². The van der Waals surface area contributed by atoms with Gasteiger partial charge < -0.3 is 4.72 Å². The highest BCUT2D eigenvalue weighted by molar-refractivity contribution is 7.86. The van der Waals surface area contributed by atoms with Crippen molar-refractivity contribution in [1.29, 1.82) is 0 Å². The van der Waals surface area contributed by atoms with Gasteiger partial charge >= 0.3 is 12.4 Å². The summed E-state index contributed by atoms with van der Waals surface area (Å²) in [6, 6.07) is 15.5. The van der Waals surface area contributed by atoms with Crippen LogP contribution < -0.4 is 9.44 Å². The van der Waals surface area contributed by atoms with Gasteiger partial charge in [-0.1, -0.05) is 43.1 Å². The molecule has 292 valence electrons. The maximum Gasteiger partial charge on any atom is 0.417 e. The van der Waals surface area contributed by atoms with Crippen LogP contribution in [0.2, 0.25) is 10.0 Å². The molecule has 0 saturated heterocycles. The largest absolute Gasteiger partial charge is 0.417 e. The number of pyridine rings is 2. The number of halogens is 8. The van der Waals surface area contributed by atoms with Gasteiger partial charge in [0, 0.05) is 29.2 Å². The zero-order chi connectivity index (χ0) is 40.7. The van der Waals surface area contributed by atoms with E-state index < -0.39 is 45.5 Å². The van der Waals surface area contributed by atoms with Crippen LogP contribution in [-0.2, 0) is 34.3 Å². The molecule has 2 atom stereocenters. The number of nitrogens with one attached hydrogen (secondary N) is 2. The van der Waals surface area contributed by atoms with Gasteiger partial charge in [-0.2, -0.15) is 41.2 Å². The summed E-state index contributed by atoms with van der Waals surface area (Å²) >= 11 is 11.8. The van der Waals surface area contributed by atoms with Crippen molar-refractivity contribution in [3.63, 3.8) is 0 Å². The second-order valence-electron chi connectivity index (χ2n) is 11.2. The molecule has 0 aliphatic rings. The minimum Gasteiger partial charge on any atom is -0.301 e. The van der Waals surface area contributed by atoms with Crippen LogP contribution in [0.15, 0.2) is 101 Å². The number of alkyl halides is 6. The average Bonchev–Trinajstić information content (AvgIpc) is 3.80. The highest BCUT2D eigenvalue weighted by Gasteiger charge is 2.32. The summed E-state index contributed by atoms with van der Waals surface area (Å²) < 4.78 is 110. The van der Waals surface area contributed by atoms with Crippen molar-refractivity contribution in [2.24, 2.45) is 0 Å². The Kier molecular flexibility index (Phi) is 14.2. The van der Waals surface area contributed by atoms with Gasteiger partial charge in [-0.3, -0.25) is 4.72 Å². The van der Waals surface area contributed by atoms with Gasteiger partial charge in [0.1, 0.15) is 5.82 Å². The van der Waals surface area contributed by atoms with Gasteiger partial charge in [0.05, 0.1) is 44.5 Å². The summed E-state index contributed by atoms with van der Waals surface area (Å²) in [5.74, 6) is 0.504. The molecular formula is C35H32Cl2F6N8O2S2. The Morgan fingerprint density at radius 3 is 1.80 bits per heavy atom. The SMILES string of the molecule is CC.Cc1cc(C(F)(F)F)cnc1-n1cc(S(=O)Nc2ccc(Cl)cc2)cn1.Cc1cc(C)cc(S(=O)Nc2ccnn2-c2ncc(C(F)(F)F)cc2Cl)c1. The van der Waals surface area contributed by atoms with E-state index in [2.05, 4.69) is 29.6 Å². The third-order valence-electron chi connectivity index (χ3n) is 7.02. The normalized spacial score (nSPS) is 12.5. The number of rotatable bonds is 8. The molecule has 2 unspecified atom stereocenters. The number of hydrogen-bond donors (Lipinski definition) is 2. The Balaban J connectivity index is 0.000000234. The average molecular weight is 846 g/mol. The first-order valence-corrected chi connectivity index (χ1v) is 19.0. The van der Waals surface area contributed by atoms with Crippen molar-refractivity contribution in [2.45, 2.75) is 56.8 Å². The highest BCUT2D eigenvalue weighted by atomic mass is 35.5. The lowest BCUT2D eigenvalue weighted by Crippen LogP contribution is -2.12. The van der Waals surface area contributed by atoms with Crippen LogP contribution in [-0.4, -0.2) is 37.9 Å². The zero-order valence-electron chi connectivity index (χ0n) is 29.5. The number of aromatic nitrogens is 6. The summed E-state index contributed by atoms with van der Waals surface area (Å²) in [6.07, 6.45) is -3.39. The van der Waals surface area contributed by atoms with E-state index in [0.29, 0.717) is 32.3 Å². The minimum absolute atomic E-state index is 0.00501. The first-order valence-electron chi connectivity index (χ1n) is 16.0. The number of nitrogens with zero attached hydrogens (tertiary/aromatic N) is 6. The molecule has 6 aromatic rings. The molecule has 2 N–H and O–H groups in total. The quantitative estimate of drug-likeness (QED) is 0.147. The lowest BCUT2D eigenvalue weighted by Gasteiger charge is -2.12. The van der Waals surface area contributed by atoms with E-state index >= 15 is 0 Å².